The van der Waals surface area contributed by atoms with E-state index in [1.807, 2.05) is 23.8 Å². The molecule has 0 bridgehead atoms. The Morgan fingerprint density at radius 1 is 1.50 bits per heavy atom. The number of halogens is 1. The van der Waals surface area contributed by atoms with Gasteiger partial charge in [0, 0.05) is 11.1 Å². The lowest BCUT2D eigenvalue weighted by Gasteiger charge is -2.01. The van der Waals surface area contributed by atoms with Crippen molar-refractivity contribution in [1.82, 2.24) is 14.5 Å². The van der Waals surface area contributed by atoms with Crippen LogP contribution in [0.15, 0.2) is 24.4 Å². The first-order valence-electron chi connectivity index (χ1n) is 5.43. The van der Waals surface area contributed by atoms with Crippen LogP contribution in [0.5, 0.6) is 0 Å². The molecule has 3 nitrogen and oxygen atoms in total. The third-order valence-corrected chi connectivity index (χ3v) is 3.94. The normalized spacial score (nSPS) is 11.2. The zero-order chi connectivity index (χ0) is 12.7. The molecule has 2 aromatic heterocycles. The van der Waals surface area contributed by atoms with E-state index in [2.05, 4.69) is 9.97 Å². The second-order valence-electron chi connectivity index (χ2n) is 4.01. The molecule has 92 valence electrons. The first-order chi connectivity index (χ1) is 8.65. The smallest absolute Gasteiger partial charge is 0.178 e. The minimum absolute atomic E-state index is 0.285. The van der Waals surface area contributed by atoms with Gasteiger partial charge in [0.1, 0.15) is 16.3 Å². The summed E-state index contributed by atoms with van der Waals surface area (Å²) < 4.78 is 16.0. The van der Waals surface area contributed by atoms with Gasteiger partial charge in [-0.25, -0.2) is 9.37 Å². The summed E-state index contributed by atoms with van der Waals surface area (Å²) in [4.78, 5) is 8.36. The molecule has 6 heteroatoms. The van der Waals surface area contributed by atoms with Crippen LogP contribution in [0.2, 0.25) is 0 Å². The zero-order valence-electron chi connectivity index (χ0n) is 9.61. The van der Waals surface area contributed by atoms with E-state index in [0.29, 0.717) is 16.8 Å². The summed E-state index contributed by atoms with van der Waals surface area (Å²) >= 11 is 6.86. The van der Waals surface area contributed by atoms with Crippen molar-refractivity contribution < 1.29 is 4.39 Å². The van der Waals surface area contributed by atoms with Gasteiger partial charge in [0.25, 0.3) is 0 Å². The van der Waals surface area contributed by atoms with Crippen LogP contribution in [0.3, 0.4) is 0 Å². The lowest BCUT2D eigenvalue weighted by Crippen LogP contribution is -1.98. The zero-order valence-corrected chi connectivity index (χ0v) is 11.2. The molecule has 0 unspecified atom stereocenters. The molecule has 3 aromatic rings. The van der Waals surface area contributed by atoms with Gasteiger partial charge in [-0.05, 0) is 31.3 Å². The van der Waals surface area contributed by atoms with Crippen LogP contribution in [0.4, 0.5) is 4.39 Å². The molecule has 0 aliphatic carbocycles. The Balaban J connectivity index is 2.14. The van der Waals surface area contributed by atoms with Crippen LogP contribution in [0, 0.1) is 17.5 Å². The molecule has 1 N–H and O–H groups in total. The van der Waals surface area contributed by atoms with Crippen molar-refractivity contribution in [2.45, 2.75) is 13.5 Å². The lowest BCUT2D eigenvalue weighted by molar-refractivity contribution is 0.637. The Labute approximate surface area is 112 Å². The molecule has 0 spiro atoms. The van der Waals surface area contributed by atoms with Crippen molar-refractivity contribution >= 4 is 34.6 Å². The maximum Gasteiger partial charge on any atom is 0.178 e. The average Bonchev–Trinajstić information content (AvgIpc) is 2.87. The van der Waals surface area contributed by atoms with E-state index < -0.39 is 0 Å². The molecule has 0 radical (unpaired) electrons. The standard InChI is InChI=1S/C12H10FN3S2/c1-7-5-14-10(18-7)6-16-9-4-2-3-8(13)11(9)15-12(16)17/h2-5H,6H2,1H3,(H,15,17). The van der Waals surface area contributed by atoms with Crippen molar-refractivity contribution in [3.63, 3.8) is 0 Å². The summed E-state index contributed by atoms with van der Waals surface area (Å²) in [5.41, 5.74) is 1.23. The molecule has 18 heavy (non-hydrogen) atoms. The minimum atomic E-state index is -0.285. The molecule has 3 rings (SSSR count). The van der Waals surface area contributed by atoms with Crippen molar-refractivity contribution in [2.24, 2.45) is 0 Å². The van der Waals surface area contributed by atoms with Gasteiger partial charge in [-0.1, -0.05) is 6.07 Å². The molecule has 2 heterocycles. The quantitative estimate of drug-likeness (QED) is 0.726. The molecule has 0 atom stereocenters. The number of hydrogen-bond donors (Lipinski definition) is 1. The third kappa shape index (κ3) is 1.87. The number of nitrogens with one attached hydrogen (secondary N) is 1. The highest BCUT2D eigenvalue weighted by Crippen LogP contribution is 2.20. The van der Waals surface area contributed by atoms with Gasteiger partial charge < -0.3 is 9.55 Å². The highest BCUT2D eigenvalue weighted by molar-refractivity contribution is 7.71. The summed E-state index contributed by atoms with van der Waals surface area (Å²) in [5, 5.41) is 0.966. The highest BCUT2D eigenvalue weighted by Gasteiger charge is 2.09. The second kappa shape index (κ2) is 4.29. The van der Waals surface area contributed by atoms with E-state index in [1.165, 1.54) is 6.07 Å². The van der Waals surface area contributed by atoms with Gasteiger partial charge in [0.15, 0.2) is 4.77 Å². The van der Waals surface area contributed by atoms with Crippen LogP contribution in [-0.2, 0) is 6.54 Å². The van der Waals surface area contributed by atoms with E-state index in [9.17, 15) is 4.39 Å². The fourth-order valence-corrected chi connectivity index (χ4v) is 2.95. The van der Waals surface area contributed by atoms with Crippen LogP contribution < -0.4 is 0 Å². The van der Waals surface area contributed by atoms with Crippen LogP contribution in [0.25, 0.3) is 11.0 Å². The molecule has 0 fully saturated rings. The number of rotatable bonds is 2. The summed E-state index contributed by atoms with van der Waals surface area (Å²) in [6, 6.07) is 4.96. The topological polar surface area (TPSA) is 33.6 Å². The fourth-order valence-electron chi connectivity index (χ4n) is 1.91. The van der Waals surface area contributed by atoms with Gasteiger partial charge in [0.2, 0.25) is 0 Å². The van der Waals surface area contributed by atoms with E-state index in [-0.39, 0.29) is 5.82 Å². The Kier molecular flexibility index (Phi) is 2.76. The van der Waals surface area contributed by atoms with Gasteiger partial charge in [-0.2, -0.15) is 0 Å². The molecule has 1 aromatic carbocycles. The highest BCUT2D eigenvalue weighted by atomic mass is 32.1. The van der Waals surface area contributed by atoms with Gasteiger partial charge in [-0.15, -0.1) is 11.3 Å². The molecule has 0 aliphatic heterocycles. The number of aromatic nitrogens is 3. The summed E-state index contributed by atoms with van der Waals surface area (Å²) in [6.07, 6.45) is 1.83. The number of benzene rings is 1. The third-order valence-electron chi connectivity index (χ3n) is 2.72. The molecule has 0 saturated carbocycles. The Bertz CT molecular complexity index is 769. The number of imidazole rings is 1. The van der Waals surface area contributed by atoms with Crippen LogP contribution in [-0.4, -0.2) is 14.5 Å². The predicted octanol–water partition coefficient (Wildman–Crippen LogP) is 3.65. The number of fused-ring (bicyclic) bond motifs is 1. The van der Waals surface area contributed by atoms with Gasteiger partial charge in [0.05, 0.1) is 12.1 Å². The SMILES string of the molecule is Cc1cnc(Cn2c(=S)[nH]c3c(F)cccc32)s1. The Morgan fingerprint density at radius 3 is 3.06 bits per heavy atom. The van der Waals surface area contributed by atoms with Gasteiger partial charge in [-0.3, -0.25) is 0 Å². The number of aromatic amines is 1. The van der Waals surface area contributed by atoms with Crippen LogP contribution in [0.1, 0.15) is 9.88 Å². The number of hydrogen-bond acceptors (Lipinski definition) is 3. The first-order valence-corrected chi connectivity index (χ1v) is 6.66. The van der Waals surface area contributed by atoms with E-state index in [0.717, 1.165) is 15.4 Å². The lowest BCUT2D eigenvalue weighted by atomic mass is 10.3. The van der Waals surface area contributed by atoms with Gasteiger partial charge >= 0.3 is 0 Å². The number of nitrogens with zero attached hydrogens (tertiary/aromatic N) is 2. The molecular weight excluding hydrogens is 269 g/mol. The monoisotopic (exact) mass is 279 g/mol. The second-order valence-corrected chi connectivity index (χ2v) is 5.72. The van der Waals surface area contributed by atoms with Crippen molar-refractivity contribution in [2.75, 3.05) is 0 Å². The number of H-pyrrole nitrogens is 1. The maximum atomic E-state index is 13.6. The fraction of sp³-hybridized carbons (Fsp3) is 0.167. The Morgan fingerprint density at radius 2 is 2.33 bits per heavy atom. The first kappa shape index (κ1) is 11.6. The summed E-state index contributed by atoms with van der Waals surface area (Å²) in [7, 11) is 0. The van der Waals surface area contributed by atoms with Crippen molar-refractivity contribution in [3.05, 3.63) is 44.9 Å². The maximum absolute atomic E-state index is 13.6. The molecule has 0 aliphatic rings. The van der Waals surface area contributed by atoms with E-state index in [4.69, 9.17) is 12.2 Å². The largest absolute Gasteiger partial charge is 0.328 e. The minimum Gasteiger partial charge on any atom is -0.328 e. The van der Waals surface area contributed by atoms with Crippen molar-refractivity contribution in [1.29, 1.82) is 0 Å². The molecule has 0 saturated heterocycles. The number of aryl methyl sites for hydroxylation is 1. The molecular formula is C12H10FN3S2. The van der Waals surface area contributed by atoms with E-state index >= 15 is 0 Å². The van der Waals surface area contributed by atoms with Crippen molar-refractivity contribution in [3.8, 4) is 0 Å². The summed E-state index contributed by atoms with van der Waals surface area (Å²) in [5.74, 6) is -0.285. The number of thiazole rings is 1. The molecule has 0 amide bonds. The van der Waals surface area contributed by atoms with E-state index in [1.54, 1.807) is 17.4 Å². The van der Waals surface area contributed by atoms with Crippen LogP contribution >= 0.6 is 23.6 Å². The average molecular weight is 279 g/mol. The summed E-state index contributed by atoms with van der Waals surface area (Å²) in [6.45, 7) is 2.58. The number of para-hydroxylation sites is 1. The predicted molar refractivity (Wildman–Crippen MR) is 73.0 cm³/mol. The Hall–Kier alpha value is -1.53.